The van der Waals surface area contributed by atoms with Gasteiger partial charge in [0.1, 0.15) is 5.75 Å². The van der Waals surface area contributed by atoms with Gasteiger partial charge in [0, 0.05) is 29.1 Å². The second-order valence-electron chi connectivity index (χ2n) is 10.6. The number of aromatic nitrogens is 1. The van der Waals surface area contributed by atoms with Crippen LogP contribution in [0.15, 0.2) is 72.9 Å². The van der Waals surface area contributed by atoms with Gasteiger partial charge in [0.05, 0.1) is 24.3 Å². The molecule has 2 heterocycles. The number of carbonyl (C=O) groups excluding carboxylic acids is 1. The van der Waals surface area contributed by atoms with Crippen molar-refractivity contribution in [2.24, 2.45) is 0 Å². The molecule has 0 N–H and O–H groups in total. The zero-order valence-corrected chi connectivity index (χ0v) is 22.2. The van der Waals surface area contributed by atoms with Crippen LogP contribution in [0, 0.1) is 0 Å². The molecule has 0 saturated heterocycles. The van der Waals surface area contributed by atoms with Crippen LogP contribution in [0.25, 0.3) is 43.6 Å². The largest absolute Gasteiger partial charge is 0.493 e. The Morgan fingerprint density at radius 2 is 1.63 bits per heavy atom. The van der Waals surface area contributed by atoms with E-state index in [1.165, 1.54) is 5.56 Å². The number of rotatable bonds is 5. The van der Waals surface area contributed by atoms with E-state index in [4.69, 9.17) is 19.2 Å². The predicted octanol–water partition coefficient (Wildman–Crippen LogP) is 7.56. The summed E-state index contributed by atoms with van der Waals surface area (Å²) in [6, 6.07) is 22.7. The monoisotopic (exact) mass is 505 g/mol. The molecule has 1 aliphatic rings. The Kier molecular flexibility index (Phi) is 6.04. The van der Waals surface area contributed by atoms with Crippen LogP contribution < -0.4 is 4.74 Å². The first-order valence-electron chi connectivity index (χ1n) is 13.2. The molecule has 1 aliphatic heterocycles. The molecule has 1 atom stereocenters. The summed E-state index contributed by atoms with van der Waals surface area (Å²) < 4.78 is 18.2. The molecule has 5 aromatic rings. The fraction of sp³-hybridized carbons (Fsp3) is 0.273. The number of benzene rings is 4. The standard InChI is InChI=1S/C33H31NO4/c1-5-36-32(35)31(38-33(2,3)4)29-24-13-9-7-11-22(24)21-10-6-8-12-23(21)28(29)25-14-15-26-27-20(17-19-37-26)16-18-34-30(25)27/h6-16,18,31H,5,17,19H2,1-4H3. The number of hydrogen-bond donors (Lipinski definition) is 0. The number of pyridine rings is 1. The third kappa shape index (κ3) is 4.07. The van der Waals surface area contributed by atoms with Crippen LogP contribution in [0.3, 0.4) is 0 Å². The zero-order valence-electron chi connectivity index (χ0n) is 22.2. The topological polar surface area (TPSA) is 57.7 Å². The Labute approximate surface area is 222 Å². The highest BCUT2D eigenvalue weighted by Crippen LogP contribution is 2.47. The number of nitrogens with zero attached hydrogens (tertiary/aromatic N) is 1. The Bertz CT molecular complexity index is 1690. The van der Waals surface area contributed by atoms with Crippen LogP contribution in [-0.2, 0) is 20.7 Å². The van der Waals surface area contributed by atoms with E-state index in [1.54, 1.807) is 0 Å². The Morgan fingerprint density at radius 3 is 2.34 bits per heavy atom. The minimum Gasteiger partial charge on any atom is -0.493 e. The maximum absolute atomic E-state index is 13.6. The summed E-state index contributed by atoms with van der Waals surface area (Å²) in [6.07, 6.45) is 1.77. The zero-order chi connectivity index (χ0) is 26.4. The fourth-order valence-electron chi connectivity index (χ4n) is 5.63. The van der Waals surface area contributed by atoms with Gasteiger partial charge in [-0.25, -0.2) is 4.79 Å². The van der Waals surface area contributed by atoms with Crippen molar-refractivity contribution in [3.8, 4) is 16.9 Å². The summed E-state index contributed by atoms with van der Waals surface area (Å²) in [6.45, 7) is 8.63. The van der Waals surface area contributed by atoms with Crippen LogP contribution >= 0.6 is 0 Å². The number of ether oxygens (including phenoxy) is 3. The van der Waals surface area contributed by atoms with Crippen LogP contribution in [0.4, 0.5) is 0 Å². The van der Waals surface area contributed by atoms with E-state index in [9.17, 15) is 4.79 Å². The predicted molar refractivity (Wildman–Crippen MR) is 152 cm³/mol. The highest BCUT2D eigenvalue weighted by molar-refractivity contribution is 6.19. The molecule has 6 rings (SSSR count). The first-order valence-corrected chi connectivity index (χ1v) is 13.2. The van der Waals surface area contributed by atoms with Crippen LogP contribution in [0.1, 0.15) is 44.9 Å². The van der Waals surface area contributed by atoms with E-state index in [-0.39, 0.29) is 6.61 Å². The number of hydrogen-bond acceptors (Lipinski definition) is 5. The maximum atomic E-state index is 13.6. The first kappa shape index (κ1) is 24.4. The van der Waals surface area contributed by atoms with Gasteiger partial charge in [0.2, 0.25) is 0 Å². The molecule has 0 spiro atoms. The van der Waals surface area contributed by atoms with Gasteiger partial charge in [-0.3, -0.25) is 4.98 Å². The quantitative estimate of drug-likeness (QED) is 0.182. The van der Waals surface area contributed by atoms with Gasteiger partial charge in [-0.2, -0.15) is 0 Å². The maximum Gasteiger partial charge on any atom is 0.340 e. The molecule has 0 fully saturated rings. The minimum absolute atomic E-state index is 0.267. The van der Waals surface area contributed by atoms with Crippen molar-refractivity contribution in [1.29, 1.82) is 0 Å². The van der Waals surface area contributed by atoms with Gasteiger partial charge in [-0.1, -0.05) is 48.5 Å². The Hall–Kier alpha value is -3.96. The van der Waals surface area contributed by atoms with E-state index >= 15 is 0 Å². The summed E-state index contributed by atoms with van der Waals surface area (Å²) in [5.74, 6) is 0.445. The lowest BCUT2D eigenvalue weighted by molar-refractivity contribution is -0.166. The van der Waals surface area contributed by atoms with E-state index < -0.39 is 17.7 Å². The number of esters is 1. The molecule has 0 aliphatic carbocycles. The molecule has 0 bridgehead atoms. The van der Waals surface area contributed by atoms with Gasteiger partial charge in [-0.15, -0.1) is 0 Å². The van der Waals surface area contributed by atoms with Crippen LogP contribution in [0.2, 0.25) is 0 Å². The molecule has 5 heteroatoms. The van der Waals surface area contributed by atoms with Crippen molar-refractivity contribution in [3.63, 3.8) is 0 Å². The number of carbonyl (C=O) groups is 1. The van der Waals surface area contributed by atoms with Crippen molar-refractivity contribution in [2.45, 2.75) is 45.8 Å². The van der Waals surface area contributed by atoms with Gasteiger partial charge < -0.3 is 14.2 Å². The molecular formula is C33H31NO4. The third-order valence-corrected chi connectivity index (χ3v) is 7.05. The Morgan fingerprint density at radius 1 is 0.947 bits per heavy atom. The first-order chi connectivity index (χ1) is 18.4. The summed E-state index contributed by atoms with van der Waals surface area (Å²) in [5, 5.41) is 5.20. The van der Waals surface area contributed by atoms with Crippen molar-refractivity contribution in [3.05, 3.63) is 84.1 Å². The van der Waals surface area contributed by atoms with Gasteiger partial charge >= 0.3 is 5.97 Å². The van der Waals surface area contributed by atoms with Crippen LogP contribution in [0.5, 0.6) is 5.75 Å². The molecule has 1 aromatic heterocycles. The second kappa shape index (κ2) is 9.41. The molecule has 5 nitrogen and oxygen atoms in total. The lowest BCUT2D eigenvalue weighted by Crippen LogP contribution is -2.29. The third-order valence-electron chi connectivity index (χ3n) is 7.05. The summed E-state index contributed by atoms with van der Waals surface area (Å²) in [7, 11) is 0. The van der Waals surface area contributed by atoms with Crippen molar-refractivity contribution < 1.29 is 19.0 Å². The minimum atomic E-state index is -0.929. The van der Waals surface area contributed by atoms with Crippen LogP contribution in [-0.4, -0.2) is 29.8 Å². The van der Waals surface area contributed by atoms with Crippen molar-refractivity contribution >= 4 is 38.4 Å². The average Bonchev–Trinajstić information content (AvgIpc) is 2.92. The lowest BCUT2D eigenvalue weighted by atomic mass is 9.84. The second-order valence-corrected chi connectivity index (χ2v) is 10.6. The molecular weight excluding hydrogens is 474 g/mol. The summed E-state index contributed by atoms with van der Waals surface area (Å²) >= 11 is 0. The van der Waals surface area contributed by atoms with E-state index in [0.717, 1.165) is 61.3 Å². The molecule has 38 heavy (non-hydrogen) atoms. The van der Waals surface area contributed by atoms with E-state index in [1.807, 2.05) is 58.2 Å². The Balaban J connectivity index is 1.79. The highest BCUT2D eigenvalue weighted by Gasteiger charge is 2.34. The SMILES string of the molecule is CCOC(=O)C(OC(C)(C)C)c1c(-c2ccc3c4c(ccnc24)CCO3)c2ccccc2c2ccccc12. The smallest absolute Gasteiger partial charge is 0.340 e. The molecule has 192 valence electrons. The summed E-state index contributed by atoms with van der Waals surface area (Å²) in [5.41, 5.74) is 4.17. The van der Waals surface area contributed by atoms with Gasteiger partial charge in [0.25, 0.3) is 0 Å². The highest BCUT2D eigenvalue weighted by atomic mass is 16.6. The fourth-order valence-corrected chi connectivity index (χ4v) is 5.63. The summed E-state index contributed by atoms with van der Waals surface area (Å²) in [4.78, 5) is 18.5. The van der Waals surface area contributed by atoms with Gasteiger partial charge in [0.15, 0.2) is 6.10 Å². The molecule has 4 aromatic carbocycles. The molecule has 0 saturated carbocycles. The van der Waals surface area contributed by atoms with Crippen molar-refractivity contribution in [2.75, 3.05) is 13.2 Å². The van der Waals surface area contributed by atoms with Crippen molar-refractivity contribution in [1.82, 2.24) is 4.98 Å². The van der Waals surface area contributed by atoms with E-state index in [0.29, 0.717) is 6.61 Å². The molecule has 0 radical (unpaired) electrons. The lowest BCUT2D eigenvalue weighted by Gasteiger charge is -2.30. The molecule has 0 amide bonds. The van der Waals surface area contributed by atoms with Gasteiger partial charge in [-0.05, 0) is 78.6 Å². The van der Waals surface area contributed by atoms with E-state index in [2.05, 4.69) is 42.5 Å². The average molecular weight is 506 g/mol. The number of fused-ring (bicyclic) bond motifs is 3. The molecule has 1 unspecified atom stereocenters. The normalized spacial score (nSPS) is 14.0.